The van der Waals surface area contributed by atoms with E-state index in [1.54, 1.807) is 13.0 Å². The summed E-state index contributed by atoms with van der Waals surface area (Å²) in [7, 11) is 1.24. The molecule has 1 aliphatic rings. The van der Waals surface area contributed by atoms with Crippen LogP contribution in [-0.4, -0.2) is 35.4 Å². The lowest BCUT2D eigenvalue weighted by atomic mass is 10.0. The largest absolute Gasteiger partial charge is 0.465 e. The minimum Gasteiger partial charge on any atom is -0.465 e. The van der Waals surface area contributed by atoms with Gasteiger partial charge in [0.2, 0.25) is 0 Å². The number of nitrogens with zero attached hydrogens (tertiary/aromatic N) is 2. The van der Waals surface area contributed by atoms with E-state index in [0.717, 1.165) is 0 Å². The number of non-ortho nitro benzene ring substituents is 1. The number of hydrogen-bond donors (Lipinski definition) is 0. The number of methoxy groups -OCH3 is 1. The number of ether oxygens (including phenoxy) is 1. The van der Waals surface area contributed by atoms with Crippen LogP contribution in [0.15, 0.2) is 53.8 Å². The molecule has 0 fully saturated rings. The molecule has 7 heteroatoms. The fourth-order valence-corrected chi connectivity index (χ4v) is 2.44. The molecule has 0 atom stereocenters. The Morgan fingerprint density at radius 2 is 2.00 bits per heavy atom. The summed E-state index contributed by atoms with van der Waals surface area (Å²) >= 11 is 0. The van der Waals surface area contributed by atoms with Crippen LogP contribution < -0.4 is 0 Å². The lowest BCUT2D eigenvalue weighted by Crippen LogP contribution is -2.24. The highest BCUT2D eigenvalue weighted by atomic mass is 16.6. The first-order chi connectivity index (χ1) is 11.4. The number of nitro benzene ring substituents is 1. The van der Waals surface area contributed by atoms with E-state index in [1.807, 2.05) is 0 Å². The van der Waals surface area contributed by atoms with Gasteiger partial charge in [0.1, 0.15) is 0 Å². The van der Waals surface area contributed by atoms with Crippen LogP contribution in [0.2, 0.25) is 0 Å². The van der Waals surface area contributed by atoms with Gasteiger partial charge in [0, 0.05) is 24.4 Å². The first kappa shape index (κ1) is 17.1. The lowest BCUT2D eigenvalue weighted by molar-refractivity contribution is -0.384. The molecule has 124 valence electrons. The van der Waals surface area contributed by atoms with Gasteiger partial charge in [-0.25, -0.2) is 4.79 Å². The van der Waals surface area contributed by atoms with Gasteiger partial charge in [0.15, 0.2) is 0 Å². The van der Waals surface area contributed by atoms with Gasteiger partial charge < -0.3 is 9.64 Å². The Morgan fingerprint density at radius 3 is 2.50 bits per heavy atom. The van der Waals surface area contributed by atoms with Crippen LogP contribution in [0.25, 0.3) is 6.08 Å². The average molecular weight is 328 g/mol. The summed E-state index contributed by atoms with van der Waals surface area (Å²) in [6, 6.07) is 5.70. The minimum atomic E-state index is -0.611. The maximum absolute atomic E-state index is 12.6. The van der Waals surface area contributed by atoms with Crippen molar-refractivity contribution in [3.05, 3.63) is 69.4 Å². The standard InChI is InChI=1S/C17H16N2O5/c1-4-9-18-11(2)15(17(21)24-3)14(16(18)20)10-12-5-7-13(8-6-12)19(22)23/h4-8,10H,1,9H2,2-3H3. The van der Waals surface area contributed by atoms with Gasteiger partial charge in [-0.05, 0) is 30.7 Å². The van der Waals surface area contributed by atoms with Crippen molar-refractivity contribution in [2.24, 2.45) is 0 Å². The maximum Gasteiger partial charge on any atom is 0.340 e. The molecule has 0 saturated carbocycles. The lowest BCUT2D eigenvalue weighted by Gasteiger charge is -2.14. The predicted molar refractivity (Wildman–Crippen MR) is 87.7 cm³/mol. The van der Waals surface area contributed by atoms with Crippen LogP contribution in [0.1, 0.15) is 12.5 Å². The fraction of sp³-hybridized carbons (Fsp3) is 0.176. The first-order valence-electron chi connectivity index (χ1n) is 7.09. The number of allylic oxidation sites excluding steroid dienone is 1. The highest BCUT2D eigenvalue weighted by Crippen LogP contribution is 2.31. The van der Waals surface area contributed by atoms with Crippen molar-refractivity contribution in [2.45, 2.75) is 6.92 Å². The summed E-state index contributed by atoms with van der Waals surface area (Å²) in [4.78, 5) is 36.2. The molecule has 0 aromatic heterocycles. The zero-order valence-corrected chi connectivity index (χ0v) is 13.3. The number of hydrogen-bond acceptors (Lipinski definition) is 5. The first-order valence-corrected chi connectivity index (χ1v) is 7.09. The van der Waals surface area contributed by atoms with E-state index in [2.05, 4.69) is 6.58 Å². The Hall–Kier alpha value is -3.22. The summed E-state index contributed by atoms with van der Waals surface area (Å²) in [5.41, 5.74) is 1.37. The van der Waals surface area contributed by atoms with Crippen LogP contribution in [0.3, 0.4) is 0 Å². The Bertz CT molecular complexity index is 775. The third-order valence-corrected chi connectivity index (χ3v) is 3.63. The summed E-state index contributed by atoms with van der Waals surface area (Å²) in [6.07, 6.45) is 3.08. The minimum absolute atomic E-state index is 0.0527. The number of esters is 1. The Balaban J connectivity index is 2.49. The number of carbonyl (C=O) groups excluding carboxylic acids is 2. The van der Waals surface area contributed by atoms with Crippen molar-refractivity contribution in [1.82, 2.24) is 4.90 Å². The van der Waals surface area contributed by atoms with Crippen LogP contribution in [-0.2, 0) is 14.3 Å². The third kappa shape index (κ3) is 3.10. The Kier molecular flexibility index (Phi) is 4.93. The smallest absolute Gasteiger partial charge is 0.340 e. The zero-order chi connectivity index (χ0) is 17.9. The number of nitro groups is 1. The van der Waals surface area contributed by atoms with Gasteiger partial charge >= 0.3 is 5.97 Å². The van der Waals surface area contributed by atoms with E-state index >= 15 is 0 Å². The second-order valence-corrected chi connectivity index (χ2v) is 5.06. The molecule has 1 aromatic rings. The number of rotatable bonds is 5. The molecule has 7 nitrogen and oxygen atoms in total. The second kappa shape index (κ2) is 6.91. The highest BCUT2D eigenvalue weighted by Gasteiger charge is 2.36. The van der Waals surface area contributed by atoms with Crippen LogP contribution in [0, 0.1) is 10.1 Å². The normalized spacial score (nSPS) is 15.8. The molecule has 1 amide bonds. The van der Waals surface area contributed by atoms with Gasteiger partial charge in [-0.1, -0.05) is 6.08 Å². The van der Waals surface area contributed by atoms with Crippen LogP contribution >= 0.6 is 0 Å². The van der Waals surface area contributed by atoms with Gasteiger partial charge in [-0.3, -0.25) is 14.9 Å². The topological polar surface area (TPSA) is 89.8 Å². The molecule has 0 radical (unpaired) electrons. The molecule has 1 heterocycles. The number of amides is 1. The average Bonchev–Trinajstić information content (AvgIpc) is 2.79. The molecule has 24 heavy (non-hydrogen) atoms. The van der Waals surface area contributed by atoms with Gasteiger partial charge in [-0.2, -0.15) is 0 Å². The van der Waals surface area contributed by atoms with E-state index in [9.17, 15) is 19.7 Å². The van der Waals surface area contributed by atoms with Crippen molar-refractivity contribution in [3.63, 3.8) is 0 Å². The van der Waals surface area contributed by atoms with Crippen molar-refractivity contribution >= 4 is 23.6 Å². The van der Waals surface area contributed by atoms with Crippen LogP contribution in [0.4, 0.5) is 5.69 Å². The van der Waals surface area contributed by atoms with Gasteiger partial charge in [0.25, 0.3) is 11.6 Å². The Morgan fingerprint density at radius 1 is 1.38 bits per heavy atom. The van der Waals surface area contributed by atoms with Crippen molar-refractivity contribution in [3.8, 4) is 0 Å². The second-order valence-electron chi connectivity index (χ2n) is 5.06. The predicted octanol–water partition coefficient (Wildman–Crippen LogP) is 2.45. The van der Waals surface area contributed by atoms with Crippen LogP contribution in [0.5, 0.6) is 0 Å². The maximum atomic E-state index is 12.6. The number of benzene rings is 1. The van der Waals surface area contributed by atoms with Crippen molar-refractivity contribution in [1.29, 1.82) is 0 Å². The molecule has 2 rings (SSSR count). The van der Waals surface area contributed by atoms with E-state index in [1.165, 1.54) is 42.4 Å². The SMILES string of the molecule is C=CCN1C(=O)C(=Cc2ccc([N+](=O)[O-])cc2)C(C(=O)OC)=C1C. The summed E-state index contributed by atoms with van der Waals surface area (Å²) < 4.78 is 4.77. The summed E-state index contributed by atoms with van der Waals surface area (Å²) in [6.45, 7) is 5.53. The van der Waals surface area contributed by atoms with Crippen molar-refractivity contribution in [2.75, 3.05) is 13.7 Å². The number of carbonyl (C=O) groups is 2. The van der Waals surface area contributed by atoms with Crippen molar-refractivity contribution < 1.29 is 19.2 Å². The molecule has 0 bridgehead atoms. The molecule has 0 unspecified atom stereocenters. The molecule has 0 N–H and O–H groups in total. The fourth-order valence-electron chi connectivity index (χ4n) is 2.44. The molecule has 0 spiro atoms. The zero-order valence-electron chi connectivity index (χ0n) is 13.3. The quantitative estimate of drug-likeness (QED) is 0.272. The van der Waals surface area contributed by atoms with Gasteiger partial charge in [0.05, 0.1) is 23.2 Å². The Labute approximate surface area is 138 Å². The third-order valence-electron chi connectivity index (χ3n) is 3.63. The molecule has 0 aliphatic carbocycles. The van der Waals surface area contributed by atoms with E-state index in [0.29, 0.717) is 11.3 Å². The van der Waals surface area contributed by atoms with Gasteiger partial charge in [-0.15, -0.1) is 6.58 Å². The summed E-state index contributed by atoms with van der Waals surface area (Å²) in [5.74, 6) is -0.952. The highest BCUT2D eigenvalue weighted by molar-refractivity contribution is 6.16. The molecule has 1 aliphatic heterocycles. The van der Waals surface area contributed by atoms with E-state index in [-0.39, 0.29) is 29.3 Å². The molecule has 1 aromatic carbocycles. The molecular weight excluding hydrogens is 312 g/mol. The molecule has 0 saturated heterocycles. The van der Waals surface area contributed by atoms with E-state index < -0.39 is 10.9 Å². The monoisotopic (exact) mass is 328 g/mol. The summed E-state index contributed by atoms with van der Waals surface area (Å²) in [5, 5.41) is 10.7. The molecular formula is C17H16N2O5. The van der Waals surface area contributed by atoms with E-state index in [4.69, 9.17) is 4.74 Å².